The minimum atomic E-state index is -6.10. The Bertz CT molecular complexity index is 132. The SMILES string of the molecule is O.O.O.[Cu+2].[Cu+2].[Cu+2].[O]=[Sb]([O-])([O-])[O-].[O]=[Sb]([O-])([O-])[O-]. The minimum absolute atomic E-state index is 0. The summed E-state index contributed by atoms with van der Waals surface area (Å²) >= 11 is -12.2. The first-order valence-electron chi connectivity index (χ1n) is 1.46. The van der Waals surface area contributed by atoms with Crippen LogP contribution >= 0.6 is 0 Å². The van der Waals surface area contributed by atoms with Gasteiger partial charge >= 0.3 is 118 Å². The Morgan fingerprint density at radius 3 is 0.500 bits per heavy atom. The molecule has 0 rings (SSSR count). The van der Waals surface area contributed by atoms with Crippen LogP contribution in [-0.2, 0) is 57.2 Å². The summed E-state index contributed by atoms with van der Waals surface area (Å²) in [5.74, 6) is 0. The molecular weight excluding hydrogens is 610 g/mol. The second kappa shape index (κ2) is 22.6. The fraction of sp³-hybridized carbons (Fsp3) is 0. The monoisotopic (exact) mass is 613 g/mol. The molecule has 16 heavy (non-hydrogen) atoms. The van der Waals surface area contributed by atoms with Crippen molar-refractivity contribution < 1.29 is 94.0 Å². The van der Waals surface area contributed by atoms with Crippen LogP contribution in [-0.4, -0.2) is 56.5 Å². The molecule has 0 aliphatic heterocycles. The van der Waals surface area contributed by atoms with E-state index in [1.807, 2.05) is 0 Å². The Morgan fingerprint density at radius 1 is 0.500 bits per heavy atom. The van der Waals surface area contributed by atoms with Crippen LogP contribution in [0.1, 0.15) is 0 Å². The molecule has 0 fully saturated rings. The van der Waals surface area contributed by atoms with E-state index in [4.69, 9.17) is 26.3 Å². The van der Waals surface area contributed by atoms with Crippen LogP contribution in [0.15, 0.2) is 0 Å². The van der Waals surface area contributed by atoms with E-state index in [-0.39, 0.29) is 67.6 Å². The number of hydrogen-bond acceptors (Lipinski definition) is 8. The van der Waals surface area contributed by atoms with E-state index in [9.17, 15) is 0 Å². The summed E-state index contributed by atoms with van der Waals surface area (Å²) in [5.41, 5.74) is 0. The molecular formula is H6Cu3O11Sb2. The van der Waals surface area contributed by atoms with Crippen LogP contribution in [0.4, 0.5) is 0 Å². The Balaban J connectivity index is -0.00000000970. The Kier molecular flexibility index (Phi) is 72.7. The van der Waals surface area contributed by atoms with Gasteiger partial charge in [0.05, 0.1) is 0 Å². The van der Waals surface area contributed by atoms with Crippen LogP contribution in [0, 0.1) is 0 Å². The summed E-state index contributed by atoms with van der Waals surface area (Å²) in [6.07, 6.45) is 0. The first-order chi connectivity index (χ1) is 4.00. The van der Waals surface area contributed by atoms with Crippen LogP contribution in [0.5, 0.6) is 0 Å². The van der Waals surface area contributed by atoms with Crippen LogP contribution in [0.2, 0.25) is 0 Å². The Hall–Kier alpha value is 2.43. The zero-order valence-electron chi connectivity index (χ0n) is 6.56. The third-order valence-corrected chi connectivity index (χ3v) is 0. The van der Waals surface area contributed by atoms with Gasteiger partial charge in [0.25, 0.3) is 0 Å². The predicted octanol–water partition coefficient (Wildman–Crippen LogP) is -10.6. The van der Waals surface area contributed by atoms with Crippen LogP contribution in [0.25, 0.3) is 0 Å². The Labute approximate surface area is 132 Å². The van der Waals surface area contributed by atoms with Crippen molar-refractivity contribution in [2.45, 2.75) is 0 Å². The zero-order valence-corrected chi connectivity index (χ0v) is 14.5. The van der Waals surface area contributed by atoms with Gasteiger partial charge in [-0.05, 0) is 0 Å². The van der Waals surface area contributed by atoms with Crippen molar-refractivity contribution >= 4 is 40.1 Å². The fourth-order valence-electron chi connectivity index (χ4n) is 0. The molecule has 0 aromatic carbocycles. The van der Waals surface area contributed by atoms with E-state index in [0.29, 0.717) is 0 Å². The van der Waals surface area contributed by atoms with Crippen molar-refractivity contribution in [2.24, 2.45) is 0 Å². The molecule has 0 saturated heterocycles. The topological polar surface area (TPSA) is 267 Å². The number of rotatable bonds is 0. The molecule has 0 aliphatic rings. The van der Waals surface area contributed by atoms with Gasteiger partial charge in [0.2, 0.25) is 0 Å². The van der Waals surface area contributed by atoms with E-state index in [0.717, 1.165) is 0 Å². The second-order valence-electron chi connectivity index (χ2n) is 0.894. The summed E-state index contributed by atoms with van der Waals surface area (Å²) in [4.78, 5) is 0. The van der Waals surface area contributed by atoms with Crippen molar-refractivity contribution in [3.63, 3.8) is 0 Å². The first kappa shape index (κ1) is 51.5. The van der Waals surface area contributed by atoms with Crippen LogP contribution in [0.3, 0.4) is 0 Å². The average Bonchev–Trinajstić information content (AvgIpc) is 1.12. The van der Waals surface area contributed by atoms with E-state index in [1.54, 1.807) is 0 Å². The van der Waals surface area contributed by atoms with Crippen molar-refractivity contribution in [3.05, 3.63) is 0 Å². The molecule has 0 amide bonds. The molecule has 0 unspecified atom stereocenters. The molecule has 0 aromatic heterocycles. The summed E-state index contributed by atoms with van der Waals surface area (Å²) in [6, 6.07) is 0. The summed E-state index contributed by atoms with van der Waals surface area (Å²) in [7, 11) is 0. The molecule has 11 nitrogen and oxygen atoms in total. The molecule has 0 atom stereocenters. The second-order valence-corrected chi connectivity index (χ2v) is 6.00. The van der Waals surface area contributed by atoms with Gasteiger partial charge in [0, 0.05) is 0 Å². The molecule has 16 heteroatoms. The van der Waals surface area contributed by atoms with Gasteiger partial charge in [0.1, 0.15) is 0 Å². The molecule has 6 N–H and O–H groups in total. The molecule has 0 aliphatic carbocycles. The Morgan fingerprint density at radius 2 is 0.500 bits per heavy atom. The zero-order chi connectivity index (χ0) is 9.00. The molecule has 115 valence electrons. The fourth-order valence-corrected chi connectivity index (χ4v) is 0. The molecule has 3 radical (unpaired) electrons. The third-order valence-electron chi connectivity index (χ3n) is 0. The van der Waals surface area contributed by atoms with Gasteiger partial charge in [-0.15, -0.1) is 0 Å². The molecule has 0 spiro atoms. The van der Waals surface area contributed by atoms with Gasteiger partial charge in [-0.2, -0.15) is 0 Å². The van der Waals surface area contributed by atoms with E-state index in [1.165, 1.54) is 0 Å². The average molecular weight is 616 g/mol. The first-order valence-corrected chi connectivity index (χ1v) is 9.80. The van der Waals surface area contributed by atoms with Gasteiger partial charge in [-0.3, -0.25) is 0 Å². The molecule has 0 saturated carbocycles. The standard InChI is InChI=1S/3Cu.3H2O.8O.2Sb/h;;;3*1H2;;;;;;;;;;/q3*+2;;;;;;6*-1;;. The molecule has 0 heterocycles. The summed E-state index contributed by atoms with van der Waals surface area (Å²) in [6.45, 7) is 0. The van der Waals surface area contributed by atoms with Crippen molar-refractivity contribution in [2.75, 3.05) is 0 Å². The summed E-state index contributed by atoms with van der Waals surface area (Å²) in [5, 5.41) is 0. The van der Waals surface area contributed by atoms with Gasteiger partial charge in [-0.25, -0.2) is 0 Å². The summed E-state index contributed by atoms with van der Waals surface area (Å²) < 4.78 is 69.1. The maximum atomic E-state index is 8.64. The van der Waals surface area contributed by atoms with Crippen molar-refractivity contribution in [1.29, 1.82) is 0 Å². The third kappa shape index (κ3) is 660. The normalized spacial score (nSPS) is 7.38. The molecule has 0 bridgehead atoms. The van der Waals surface area contributed by atoms with Gasteiger partial charge < -0.3 is 16.4 Å². The van der Waals surface area contributed by atoms with Gasteiger partial charge in [-0.1, -0.05) is 0 Å². The van der Waals surface area contributed by atoms with Gasteiger partial charge in [0.15, 0.2) is 0 Å². The van der Waals surface area contributed by atoms with E-state index in [2.05, 4.69) is 0 Å². The van der Waals surface area contributed by atoms with E-state index < -0.39 is 40.1 Å². The van der Waals surface area contributed by atoms with E-state index >= 15 is 0 Å². The quantitative estimate of drug-likeness (QED) is 0.235. The van der Waals surface area contributed by atoms with Crippen molar-refractivity contribution in [1.82, 2.24) is 0 Å². The van der Waals surface area contributed by atoms with Crippen LogP contribution < -0.4 is 20.3 Å². The predicted molar refractivity (Wildman–Crippen MR) is 23.7 cm³/mol. The van der Waals surface area contributed by atoms with Crippen molar-refractivity contribution in [3.8, 4) is 0 Å². The maximum absolute atomic E-state index is 8.64. The molecule has 0 aromatic rings. The number of hydrogen-bond donors (Lipinski definition) is 0.